The number of rotatable bonds is 7. The predicted octanol–water partition coefficient (Wildman–Crippen LogP) is 5.86. The fourth-order valence-electron chi connectivity index (χ4n) is 4.23. The Morgan fingerprint density at radius 1 is 0.882 bits per heavy atom. The van der Waals surface area contributed by atoms with Gasteiger partial charge in [-0.1, -0.05) is 36.4 Å². The summed E-state index contributed by atoms with van der Waals surface area (Å²) in [6.45, 7) is 6.25. The van der Waals surface area contributed by atoms with Crippen LogP contribution in [0.3, 0.4) is 0 Å². The zero-order chi connectivity index (χ0) is 23.5. The summed E-state index contributed by atoms with van der Waals surface area (Å²) in [4.78, 5) is 2.44. The molecule has 2 atom stereocenters. The second-order valence-electron chi connectivity index (χ2n) is 8.50. The number of halogens is 1. The summed E-state index contributed by atoms with van der Waals surface area (Å²) < 4.78 is 21.6. The Hall–Kier alpha value is -3.04. The lowest BCUT2D eigenvalue weighted by Gasteiger charge is -2.31. The van der Waals surface area contributed by atoms with Gasteiger partial charge in [0.25, 0.3) is 0 Å². The highest BCUT2D eigenvalue weighted by Crippen LogP contribution is 2.37. The Balaban J connectivity index is 1.44. The third-order valence-corrected chi connectivity index (χ3v) is 7.18. The van der Waals surface area contributed by atoms with Crippen LogP contribution in [0.1, 0.15) is 56.1 Å². The lowest BCUT2D eigenvalue weighted by atomic mass is 10.1. The van der Waals surface area contributed by atoms with E-state index in [1.54, 1.807) is 12.1 Å². The number of benzene rings is 2. The average Bonchev–Trinajstić information content (AvgIpc) is 3.53. The molecule has 7 nitrogen and oxygen atoms in total. The topological polar surface area (TPSA) is 72.9 Å². The van der Waals surface area contributed by atoms with Gasteiger partial charge >= 0.3 is 0 Å². The number of hydrogen-bond donors (Lipinski definition) is 0. The maximum atomic E-state index is 13.7. The molecule has 0 unspecified atom stereocenters. The molecule has 0 spiro atoms. The lowest BCUT2D eigenvalue weighted by molar-refractivity contribution is 0.167. The van der Waals surface area contributed by atoms with Crippen LogP contribution >= 0.6 is 11.8 Å². The minimum atomic E-state index is -0.274. The maximum Gasteiger partial charge on any atom is 0.247 e. The summed E-state index contributed by atoms with van der Waals surface area (Å²) in [5, 5.41) is 18.1. The molecule has 0 bridgehead atoms. The molecule has 9 heteroatoms. The molecule has 0 amide bonds. The van der Waals surface area contributed by atoms with Gasteiger partial charge in [0.2, 0.25) is 11.8 Å². The minimum absolute atomic E-state index is 0.0931. The fourth-order valence-corrected chi connectivity index (χ4v) is 5.14. The molecule has 0 radical (unpaired) electrons. The van der Waals surface area contributed by atoms with Gasteiger partial charge in [0.15, 0.2) is 11.0 Å². The summed E-state index contributed by atoms with van der Waals surface area (Å²) >= 11 is 1.50. The molecule has 2 aromatic heterocycles. The molecule has 2 aromatic carbocycles. The second kappa shape index (κ2) is 10.1. The van der Waals surface area contributed by atoms with E-state index in [4.69, 9.17) is 4.42 Å². The average molecular weight is 479 g/mol. The maximum absolute atomic E-state index is 13.7. The van der Waals surface area contributed by atoms with Crippen LogP contribution < -0.4 is 0 Å². The highest BCUT2D eigenvalue weighted by Gasteiger charge is 2.27. The molecular formula is C25H27FN6OS. The van der Waals surface area contributed by atoms with Crippen molar-refractivity contribution in [3.63, 3.8) is 0 Å². The Bertz CT molecular complexity index is 1220. The Labute approximate surface area is 202 Å². The normalized spacial score (nSPS) is 16.4. The molecule has 1 aliphatic heterocycles. The van der Waals surface area contributed by atoms with Crippen molar-refractivity contribution < 1.29 is 8.81 Å². The van der Waals surface area contributed by atoms with Gasteiger partial charge < -0.3 is 4.42 Å². The van der Waals surface area contributed by atoms with Crippen molar-refractivity contribution in [2.75, 3.05) is 13.1 Å². The van der Waals surface area contributed by atoms with Gasteiger partial charge in [0.05, 0.1) is 11.3 Å². The van der Waals surface area contributed by atoms with Crippen molar-refractivity contribution in [3.05, 3.63) is 72.1 Å². The molecule has 1 fully saturated rings. The number of thioether (sulfide) groups is 1. The van der Waals surface area contributed by atoms with Crippen LogP contribution in [0.25, 0.3) is 17.1 Å². The molecule has 3 heterocycles. The van der Waals surface area contributed by atoms with Crippen molar-refractivity contribution in [2.45, 2.75) is 49.6 Å². The van der Waals surface area contributed by atoms with Crippen molar-refractivity contribution in [1.82, 2.24) is 29.9 Å². The van der Waals surface area contributed by atoms with Gasteiger partial charge in [-0.15, -0.1) is 20.4 Å². The first kappa shape index (κ1) is 22.7. The number of hydrogen-bond acceptors (Lipinski definition) is 7. The van der Waals surface area contributed by atoms with Gasteiger partial charge in [-0.05, 0) is 76.2 Å². The SMILES string of the molecule is C[C@H](Sc1nnc([C@@H](C)N2CCCCC2)n1-c1ccc(F)cc1)c1nnc(-c2ccccc2)o1. The first-order valence-electron chi connectivity index (χ1n) is 11.6. The number of aromatic nitrogens is 5. The van der Waals surface area contributed by atoms with Crippen molar-refractivity contribution in [1.29, 1.82) is 0 Å². The van der Waals surface area contributed by atoms with Crippen LogP contribution in [0, 0.1) is 5.82 Å². The van der Waals surface area contributed by atoms with E-state index < -0.39 is 0 Å². The number of piperidine rings is 1. The van der Waals surface area contributed by atoms with E-state index in [9.17, 15) is 4.39 Å². The first-order valence-corrected chi connectivity index (χ1v) is 12.5. The van der Waals surface area contributed by atoms with Gasteiger partial charge in [0.1, 0.15) is 5.82 Å². The van der Waals surface area contributed by atoms with E-state index >= 15 is 0 Å². The second-order valence-corrected chi connectivity index (χ2v) is 9.80. The summed E-state index contributed by atoms with van der Waals surface area (Å²) in [6.07, 6.45) is 3.64. The monoisotopic (exact) mass is 478 g/mol. The summed E-state index contributed by atoms with van der Waals surface area (Å²) in [7, 11) is 0. The number of likely N-dealkylation sites (tertiary alicyclic amines) is 1. The minimum Gasteiger partial charge on any atom is -0.419 e. The Morgan fingerprint density at radius 2 is 1.62 bits per heavy atom. The van der Waals surface area contributed by atoms with Gasteiger partial charge in [-0.2, -0.15) is 0 Å². The Morgan fingerprint density at radius 3 is 2.35 bits per heavy atom. The van der Waals surface area contributed by atoms with Crippen LogP contribution in [0.4, 0.5) is 4.39 Å². The van der Waals surface area contributed by atoms with Crippen molar-refractivity contribution in [2.24, 2.45) is 0 Å². The predicted molar refractivity (Wildman–Crippen MR) is 129 cm³/mol. The molecule has 4 aromatic rings. The fraction of sp³-hybridized carbons (Fsp3) is 0.360. The zero-order valence-electron chi connectivity index (χ0n) is 19.3. The Kier molecular flexibility index (Phi) is 6.73. The van der Waals surface area contributed by atoms with Crippen molar-refractivity contribution >= 4 is 11.8 Å². The van der Waals surface area contributed by atoms with E-state index in [0.717, 1.165) is 30.2 Å². The highest BCUT2D eigenvalue weighted by atomic mass is 32.2. The molecule has 0 aliphatic carbocycles. The van der Waals surface area contributed by atoms with E-state index in [1.165, 1.54) is 43.2 Å². The van der Waals surface area contributed by atoms with Crippen molar-refractivity contribution in [3.8, 4) is 17.1 Å². The third kappa shape index (κ3) is 4.76. The van der Waals surface area contributed by atoms with Crippen LogP contribution in [0.15, 0.2) is 64.2 Å². The van der Waals surface area contributed by atoms with E-state index in [-0.39, 0.29) is 17.1 Å². The molecule has 176 valence electrons. The first-order chi connectivity index (χ1) is 16.6. The summed E-state index contributed by atoms with van der Waals surface area (Å²) in [6, 6.07) is 16.3. The largest absolute Gasteiger partial charge is 0.419 e. The quantitative estimate of drug-likeness (QED) is 0.308. The lowest BCUT2D eigenvalue weighted by Crippen LogP contribution is -2.33. The van der Waals surface area contributed by atoms with E-state index in [0.29, 0.717) is 16.9 Å². The van der Waals surface area contributed by atoms with Gasteiger partial charge in [-0.25, -0.2) is 4.39 Å². The number of nitrogens with zero attached hydrogens (tertiary/aromatic N) is 6. The van der Waals surface area contributed by atoms with Crippen LogP contribution in [-0.2, 0) is 0 Å². The van der Waals surface area contributed by atoms with Crippen LogP contribution in [0.5, 0.6) is 0 Å². The van der Waals surface area contributed by atoms with E-state index in [2.05, 4.69) is 32.2 Å². The smallest absolute Gasteiger partial charge is 0.247 e. The van der Waals surface area contributed by atoms with Crippen LogP contribution in [-0.4, -0.2) is 43.0 Å². The van der Waals surface area contributed by atoms with Gasteiger partial charge in [0, 0.05) is 11.3 Å². The molecular weight excluding hydrogens is 451 g/mol. The third-order valence-electron chi connectivity index (χ3n) is 6.15. The molecule has 1 aliphatic rings. The zero-order valence-corrected chi connectivity index (χ0v) is 20.1. The molecule has 1 saturated heterocycles. The standard InChI is InChI=1S/C25H27FN6OS/c1-17(31-15-7-4-8-16-31)22-27-30-25(32(22)21-13-11-20(26)12-14-21)34-18(2)23-28-29-24(33-23)19-9-5-3-6-10-19/h3,5-6,9-14,17-18H,4,7-8,15-16H2,1-2H3/t17-,18+/m1/s1. The summed E-state index contributed by atoms with van der Waals surface area (Å²) in [5.74, 6) is 1.58. The summed E-state index contributed by atoms with van der Waals surface area (Å²) in [5.41, 5.74) is 1.71. The highest BCUT2D eigenvalue weighted by molar-refractivity contribution is 7.99. The molecule has 0 N–H and O–H groups in total. The van der Waals surface area contributed by atoms with E-state index in [1.807, 2.05) is 41.8 Å². The van der Waals surface area contributed by atoms with Gasteiger partial charge in [-0.3, -0.25) is 9.47 Å². The molecule has 0 saturated carbocycles. The van der Waals surface area contributed by atoms with Crippen LogP contribution in [0.2, 0.25) is 0 Å². The molecule has 5 rings (SSSR count). The molecule has 34 heavy (non-hydrogen) atoms.